The van der Waals surface area contributed by atoms with Crippen LogP contribution in [0.4, 0.5) is 5.69 Å². The topological polar surface area (TPSA) is 33.5 Å². The van der Waals surface area contributed by atoms with Crippen molar-refractivity contribution in [1.82, 2.24) is 0 Å². The van der Waals surface area contributed by atoms with Crippen LogP contribution in [0.2, 0.25) is 0 Å². The second-order valence-electron chi connectivity index (χ2n) is 4.69. The number of carbonyl (C=O) groups is 1. The standard InChI is InChI=1S/C16H19NO2/c1-13-6-3-7-15(12-13)17(14(2)18)10-4-8-16-9-5-11-19-16/h3,5-7,9,11-12H,4,8,10H2,1-2H3. The third-order valence-electron chi connectivity index (χ3n) is 3.08. The van der Waals surface area contributed by atoms with Crippen LogP contribution in [0.1, 0.15) is 24.7 Å². The zero-order chi connectivity index (χ0) is 13.7. The molecule has 100 valence electrons. The molecule has 0 bridgehead atoms. The van der Waals surface area contributed by atoms with E-state index in [9.17, 15) is 4.79 Å². The van der Waals surface area contributed by atoms with Crippen molar-refractivity contribution in [3.63, 3.8) is 0 Å². The molecule has 0 saturated carbocycles. The first kappa shape index (κ1) is 13.4. The zero-order valence-electron chi connectivity index (χ0n) is 11.4. The Morgan fingerprint density at radius 1 is 1.26 bits per heavy atom. The highest BCUT2D eigenvalue weighted by Crippen LogP contribution is 2.17. The van der Waals surface area contributed by atoms with Crippen LogP contribution in [0.3, 0.4) is 0 Å². The van der Waals surface area contributed by atoms with Crippen molar-refractivity contribution in [3.05, 3.63) is 54.0 Å². The summed E-state index contributed by atoms with van der Waals surface area (Å²) in [6, 6.07) is 11.9. The number of furan rings is 1. The second kappa shape index (κ2) is 6.23. The minimum atomic E-state index is 0.0741. The van der Waals surface area contributed by atoms with Gasteiger partial charge >= 0.3 is 0 Å². The summed E-state index contributed by atoms with van der Waals surface area (Å²) in [6.07, 6.45) is 3.42. The minimum absolute atomic E-state index is 0.0741. The molecule has 1 heterocycles. The van der Waals surface area contributed by atoms with Crippen molar-refractivity contribution in [3.8, 4) is 0 Å². The molecule has 0 aliphatic carbocycles. The predicted molar refractivity (Wildman–Crippen MR) is 76.2 cm³/mol. The molecule has 0 N–H and O–H groups in total. The van der Waals surface area contributed by atoms with Crippen LogP contribution in [0.15, 0.2) is 47.1 Å². The van der Waals surface area contributed by atoms with E-state index < -0.39 is 0 Å². The van der Waals surface area contributed by atoms with Gasteiger partial charge in [-0.1, -0.05) is 12.1 Å². The number of amides is 1. The van der Waals surface area contributed by atoms with Gasteiger partial charge in [0.15, 0.2) is 0 Å². The van der Waals surface area contributed by atoms with Gasteiger partial charge in [-0.2, -0.15) is 0 Å². The maximum atomic E-state index is 11.8. The number of hydrogen-bond acceptors (Lipinski definition) is 2. The van der Waals surface area contributed by atoms with E-state index in [-0.39, 0.29) is 5.91 Å². The molecule has 0 saturated heterocycles. The summed E-state index contributed by atoms with van der Waals surface area (Å²) in [7, 11) is 0. The van der Waals surface area contributed by atoms with E-state index in [1.165, 1.54) is 0 Å². The second-order valence-corrected chi connectivity index (χ2v) is 4.69. The maximum Gasteiger partial charge on any atom is 0.223 e. The number of nitrogens with zero attached hydrogens (tertiary/aromatic N) is 1. The van der Waals surface area contributed by atoms with Crippen molar-refractivity contribution < 1.29 is 9.21 Å². The average Bonchev–Trinajstić information content (AvgIpc) is 2.87. The molecule has 0 spiro atoms. The lowest BCUT2D eigenvalue weighted by atomic mass is 10.2. The lowest BCUT2D eigenvalue weighted by Crippen LogP contribution is -2.29. The molecule has 1 aromatic carbocycles. The quantitative estimate of drug-likeness (QED) is 0.820. The van der Waals surface area contributed by atoms with E-state index in [0.29, 0.717) is 6.54 Å². The number of hydrogen-bond donors (Lipinski definition) is 0. The minimum Gasteiger partial charge on any atom is -0.469 e. The number of rotatable bonds is 5. The summed E-state index contributed by atoms with van der Waals surface area (Å²) in [5.74, 6) is 1.04. The summed E-state index contributed by atoms with van der Waals surface area (Å²) in [4.78, 5) is 13.6. The van der Waals surface area contributed by atoms with Crippen molar-refractivity contribution >= 4 is 11.6 Å². The molecule has 3 heteroatoms. The third-order valence-corrected chi connectivity index (χ3v) is 3.08. The van der Waals surface area contributed by atoms with Gasteiger partial charge in [-0.15, -0.1) is 0 Å². The summed E-state index contributed by atoms with van der Waals surface area (Å²) >= 11 is 0. The number of benzene rings is 1. The van der Waals surface area contributed by atoms with Gasteiger partial charge < -0.3 is 9.32 Å². The molecule has 0 aliphatic rings. The molecule has 19 heavy (non-hydrogen) atoms. The van der Waals surface area contributed by atoms with Crippen molar-refractivity contribution in [2.75, 3.05) is 11.4 Å². The Bertz CT molecular complexity index is 531. The number of anilines is 1. The summed E-state index contributed by atoms with van der Waals surface area (Å²) < 4.78 is 5.30. The highest BCUT2D eigenvalue weighted by Gasteiger charge is 2.11. The molecular formula is C16H19NO2. The fourth-order valence-corrected chi connectivity index (χ4v) is 2.13. The molecular weight excluding hydrogens is 238 g/mol. The van der Waals surface area contributed by atoms with Crippen LogP contribution in [0.25, 0.3) is 0 Å². The first-order chi connectivity index (χ1) is 9.16. The Hall–Kier alpha value is -2.03. The molecule has 0 aliphatic heterocycles. The van der Waals surface area contributed by atoms with Gasteiger partial charge in [-0.25, -0.2) is 0 Å². The van der Waals surface area contributed by atoms with Crippen molar-refractivity contribution in [2.45, 2.75) is 26.7 Å². The lowest BCUT2D eigenvalue weighted by Gasteiger charge is -2.21. The number of aryl methyl sites for hydroxylation is 2. The zero-order valence-corrected chi connectivity index (χ0v) is 11.4. The SMILES string of the molecule is CC(=O)N(CCCc1ccco1)c1cccc(C)c1. The molecule has 1 amide bonds. The van der Waals surface area contributed by atoms with Crippen LogP contribution in [-0.4, -0.2) is 12.5 Å². The summed E-state index contributed by atoms with van der Waals surface area (Å²) in [6.45, 7) is 4.35. The van der Waals surface area contributed by atoms with Crippen LogP contribution >= 0.6 is 0 Å². The normalized spacial score (nSPS) is 10.4. The summed E-state index contributed by atoms with van der Waals surface area (Å²) in [5.41, 5.74) is 2.13. The lowest BCUT2D eigenvalue weighted by molar-refractivity contribution is -0.116. The first-order valence-electron chi connectivity index (χ1n) is 6.54. The molecule has 0 atom stereocenters. The molecule has 0 fully saturated rings. The van der Waals surface area contributed by atoms with E-state index in [1.54, 1.807) is 13.2 Å². The average molecular weight is 257 g/mol. The van der Waals surface area contributed by atoms with Gasteiger partial charge in [0.25, 0.3) is 0 Å². The Kier molecular flexibility index (Phi) is 4.39. The fourth-order valence-electron chi connectivity index (χ4n) is 2.13. The van der Waals surface area contributed by atoms with E-state index >= 15 is 0 Å². The highest BCUT2D eigenvalue weighted by molar-refractivity contribution is 5.91. The number of carbonyl (C=O) groups excluding carboxylic acids is 1. The Morgan fingerprint density at radius 2 is 2.11 bits per heavy atom. The van der Waals surface area contributed by atoms with Crippen molar-refractivity contribution in [1.29, 1.82) is 0 Å². The first-order valence-corrected chi connectivity index (χ1v) is 6.54. The Morgan fingerprint density at radius 3 is 2.74 bits per heavy atom. The van der Waals surface area contributed by atoms with Crippen LogP contribution < -0.4 is 4.90 Å². The van der Waals surface area contributed by atoms with E-state index in [1.807, 2.05) is 48.2 Å². The molecule has 0 unspecified atom stereocenters. The van der Waals surface area contributed by atoms with Gasteiger partial charge in [0.1, 0.15) is 5.76 Å². The Balaban J connectivity index is 1.98. The molecule has 3 nitrogen and oxygen atoms in total. The van der Waals surface area contributed by atoms with Gasteiger partial charge in [0.2, 0.25) is 5.91 Å². The van der Waals surface area contributed by atoms with Crippen LogP contribution in [-0.2, 0) is 11.2 Å². The van der Waals surface area contributed by atoms with Gasteiger partial charge in [-0.3, -0.25) is 4.79 Å². The molecule has 0 radical (unpaired) electrons. The molecule has 2 rings (SSSR count). The maximum absolute atomic E-state index is 11.8. The summed E-state index contributed by atoms with van der Waals surface area (Å²) in [5, 5.41) is 0. The fraction of sp³-hybridized carbons (Fsp3) is 0.312. The van der Waals surface area contributed by atoms with Gasteiger partial charge in [-0.05, 0) is 43.2 Å². The van der Waals surface area contributed by atoms with Gasteiger partial charge in [0, 0.05) is 25.6 Å². The van der Waals surface area contributed by atoms with Gasteiger partial charge in [0.05, 0.1) is 6.26 Å². The monoisotopic (exact) mass is 257 g/mol. The van der Waals surface area contributed by atoms with Crippen LogP contribution in [0.5, 0.6) is 0 Å². The third kappa shape index (κ3) is 3.71. The molecule has 2 aromatic rings. The Labute approximate surface area is 113 Å². The van der Waals surface area contributed by atoms with Crippen LogP contribution in [0, 0.1) is 6.92 Å². The van der Waals surface area contributed by atoms with E-state index in [2.05, 4.69) is 0 Å². The molecule has 1 aromatic heterocycles. The van der Waals surface area contributed by atoms with E-state index in [0.717, 1.165) is 29.9 Å². The van der Waals surface area contributed by atoms with E-state index in [4.69, 9.17) is 4.42 Å². The predicted octanol–water partition coefficient (Wildman–Crippen LogP) is 3.57. The van der Waals surface area contributed by atoms with Crippen molar-refractivity contribution in [2.24, 2.45) is 0 Å². The smallest absolute Gasteiger partial charge is 0.223 e. The highest BCUT2D eigenvalue weighted by atomic mass is 16.3. The largest absolute Gasteiger partial charge is 0.469 e.